The number of aryl methyl sites for hydroxylation is 1. The molecule has 0 unspecified atom stereocenters. The molecule has 0 radical (unpaired) electrons. The van der Waals surface area contributed by atoms with Crippen LogP contribution in [0, 0.1) is 0 Å². The van der Waals surface area contributed by atoms with Crippen LogP contribution in [0.5, 0.6) is 0 Å². The molecule has 0 amide bonds. The molecule has 1 atom stereocenters. The number of aliphatic hydroxyl groups excluding tert-OH is 1. The molecule has 2 aromatic heterocycles. The van der Waals surface area contributed by atoms with Crippen molar-refractivity contribution in [3.63, 3.8) is 0 Å². The van der Waals surface area contributed by atoms with Crippen molar-refractivity contribution in [1.29, 1.82) is 0 Å². The molecule has 200 valence electrons. The highest BCUT2D eigenvalue weighted by atomic mass is 35.5. The molecule has 0 fully saturated rings. The zero-order chi connectivity index (χ0) is 27.6. The van der Waals surface area contributed by atoms with Gasteiger partial charge in [0.2, 0.25) is 5.82 Å². The summed E-state index contributed by atoms with van der Waals surface area (Å²) in [6.45, 7) is 0.466. The molecule has 1 N–H and O–H groups in total. The number of para-hydroxylation sites is 1. The first-order valence-corrected chi connectivity index (χ1v) is 11.7. The Bertz CT molecular complexity index is 1510. The van der Waals surface area contributed by atoms with Gasteiger partial charge in [-0.3, -0.25) is 4.57 Å². The molecule has 0 saturated carbocycles. The monoisotopic (exact) mass is 550 g/mol. The SMILES string of the molecule is CCc1ccccc1-n1nc(Cn2nc(-c3ccc(Cl)cc3)n(C[C@H](O)C(F)(F)F)c2=O)nc1C(=O)OC. The average molecular weight is 551 g/mol. The van der Waals surface area contributed by atoms with Gasteiger partial charge in [0, 0.05) is 10.6 Å². The van der Waals surface area contributed by atoms with Crippen LogP contribution in [0.4, 0.5) is 13.2 Å². The lowest BCUT2D eigenvalue weighted by Crippen LogP contribution is -2.37. The van der Waals surface area contributed by atoms with Gasteiger partial charge in [-0.1, -0.05) is 36.7 Å². The minimum absolute atomic E-state index is 0.0120. The van der Waals surface area contributed by atoms with Crippen molar-refractivity contribution in [2.45, 2.75) is 38.7 Å². The number of esters is 1. The lowest BCUT2D eigenvalue weighted by Gasteiger charge is -2.15. The first-order chi connectivity index (χ1) is 18.0. The van der Waals surface area contributed by atoms with Crippen molar-refractivity contribution in [3.8, 4) is 17.1 Å². The molecule has 0 saturated heterocycles. The van der Waals surface area contributed by atoms with Crippen molar-refractivity contribution in [3.05, 3.63) is 81.3 Å². The number of hydrogen-bond acceptors (Lipinski definition) is 7. The maximum atomic E-state index is 13.2. The minimum Gasteiger partial charge on any atom is -0.463 e. The highest BCUT2D eigenvalue weighted by molar-refractivity contribution is 6.30. The Hall–Kier alpha value is -3.97. The number of halogens is 4. The third kappa shape index (κ3) is 5.48. The average Bonchev–Trinajstić information content (AvgIpc) is 3.45. The van der Waals surface area contributed by atoms with Crippen LogP contribution in [0.2, 0.25) is 5.02 Å². The van der Waals surface area contributed by atoms with Crippen LogP contribution in [-0.2, 0) is 24.2 Å². The lowest BCUT2D eigenvalue weighted by atomic mass is 10.1. The predicted molar refractivity (Wildman–Crippen MR) is 130 cm³/mol. The smallest absolute Gasteiger partial charge is 0.416 e. The number of aromatic nitrogens is 6. The number of aliphatic hydroxyl groups is 1. The second-order valence-corrected chi connectivity index (χ2v) is 8.61. The molecule has 0 spiro atoms. The fourth-order valence-corrected chi connectivity index (χ4v) is 3.89. The zero-order valence-electron chi connectivity index (χ0n) is 20.2. The summed E-state index contributed by atoms with van der Waals surface area (Å²) in [6, 6.07) is 13.1. The summed E-state index contributed by atoms with van der Waals surface area (Å²) >= 11 is 5.91. The molecule has 0 aliphatic heterocycles. The van der Waals surface area contributed by atoms with E-state index in [1.165, 1.54) is 36.1 Å². The standard InChI is InChI=1S/C24H22ClF3N6O4/c1-3-14-6-4-5-7-17(14)34-21(22(36)38-2)29-19(30-34)13-33-23(37)32(12-18(35)24(26,27)28)20(31-33)15-8-10-16(25)11-9-15/h4-11,18,35H,3,12-13H2,1-2H3/t18-/m0/s1. The molecule has 4 aromatic rings. The minimum atomic E-state index is -4.96. The van der Waals surface area contributed by atoms with Gasteiger partial charge in [-0.25, -0.2) is 23.9 Å². The predicted octanol–water partition coefficient (Wildman–Crippen LogP) is 3.27. The van der Waals surface area contributed by atoms with Crippen molar-refractivity contribution < 1.29 is 27.8 Å². The summed E-state index contributed by atoms with van der Waals surface area (Å²) in [6.07, 6.45) is -7.14. The molecule has 10 nitrogen and oxygen atoms in total. The third-order valence-electron chi connectivity index (χ3n) is 5.67. The number of hydrogen-bond donors (Lipinski definition) is 1. The Morgan fingerprint density at radius 1 is 1.13 bits per heavy atom. The Kier molecular flexibility index (Phi) is 7.69. The Morgan fingerprint density at radius 2 is 1.82 bits per heavy atom. The van der Waals surface area contributed by atoms with Crippen molar-refractivity contribution >= 4 is 17.6 Å². The van der Waals surface area contributed by atoms with Crippen molar-refractivity contribution in [1.82, 2.24) is 29.1 Å². The zero-order valence-corrected chi connectivity index (χ0v) is 20.9. The van der Waals surface area contributed by atoms with Crippen LogP contribution < -0.4 is 5.69 Å². The van der Waals surface area contributed by atoms with Crippen LogP contribution >= 0.6 is 11.6 Å². The summed E-state index contributed by atoms with van der Waals surface area (Å²) in [4.78, 5) is 29.8. The third-order valence-corrected chi connectivity index (χ3v) is 5.92. The van der Waals surface area contributed by atoms with Gasteiger partial charge in [0.15, 0.2) is 17.8 Å². The molecule has 38 heavy (non-hydrogen) atoms. The van der Waals surface area contributed by atoms with Gasteiger partial charge in [0.25, 0.3) is 0 Å². The highest BCUT2D eigenvalue weighted by Crippen LogP contribution is 2.24. The number of methoxy groups -OCH3 is 1. The van der Waals surface area contributed by atoms with Gasteiger partial charge in [0.1, 0.15) is 6.54 Å². The summed E-state index contributed by atoms with van der Waals surface area (Å²) in [5, 5.41) is 18.6. The van der Waals surface area contributed by atoms with Gasteiger partial charge in [0.05, 0.1) is 19.3 Å². The normalized spacial score (nSPS) is 12.5. The number of carbonyl (C=O) groups excluding carboxylic acids is 1. The van der Waals surface area contributed by atoms with E-state index in [4.69, 9.17) is 16.3 Å². The molecule has 0 aliphatic rings. The first-order valence-electron chi connectivity index (χ1n) is 11.3. The van der Waals surface area contributed by atoms with Crippen LogP contribution in [0.15, 0.2) is 53.3 Å². The Morgan fingerprint density at radius 3 is 2.45 bits per heavy atom. The molecule has 2 heterocycles. The maximum absolute atomic E-state index is 13.2. The fourth-order valence-electron chi connectivity index (χ4n) is 3.76. The summed E-state index contributed by atoms with van der Waals surface area (Å²) in [7, 11) is 1.18. The van der Waals surface area contributed by atoms with E-state index in [0.717, 1.165) is 10.2 Å². The van der Waals surface area contributed by atoms with E-state index < -0.39 is 30.5 Å². The summed E-state index contributed by atoms with van der Waals surface area (Å²) in [5.74, 6) is -1.06. The molecular formula is C24H22ClF3N6O4. The second-order valence-electron chi connectivity index (χ2n) is 8.18. The second kappa shape index (κ2) is 10.8. The maximum Gasteiger partial charge on any atom is 0.416 e. The Labute approximate surface area is 218 Å². The molecule has 0 aliphatic carbocycles. The van der Waals surface area contributed by atoms with Crippen molar-refractivity contribution in [2.75, 3.05) is 7.11 Å². The van der Waals surface area contributed by atoms with Crippen LogP contribution in [0.3, 0.4) is 0 Å². The van der Waals surface area contributed by atoms with E-state index in [1.807, 2.05) is 19.1 Å². The van der Waals surface area contributed by atoms with E-state index in [1.54, 1.807) is 12.1 Å². The number of alkyl halides is 3. The number of benzene rings is 2. The number of ether oxygens (including phenoxy) is 1. The van der Waals surface area contributed by atoms with E-state index >= 15 is 0 Å². The number of nitrogens with zero attached hydrogens (tertiary/aromatic N) is 6. The van der Waals surface area contributed by atoms with E-state index in [-0.39, 0.29) is 24.0 Å². The van der Waals surface area contributed by atoms with Crippen LogP contribution in [-0.4, -0.2) is 59.6 Å². The van der Waals surface area contributed by atoms with E-state index in [9.17, 15) is 27.9 Å². The molecule has 2 aromatic carbocycles. The van der Waals surface area contributed by atoms with Gasteiger partial charge in [-0.2, -0.15) is 13.2 Å². The van der Waals surface area contributed by atoms with Gasteiger partial charge < -0.3 is 9.84 Å². The van der Waals surface area contributed by atoms with E-state index in [0.29, 0.717) is 27.3 Å². The molecule has 14 heteroatoms. The van der Waals surface area contributed by atoms with Crippen LogP contribution in [0.1, 0.15) is 28.9 Å². The van der Waals surface area contributed by atoms with Gasteiger partial charge in [-0.15, -0.1) is 10.2 Å². The summed E-state index contributed by atoms with van der Waals surface area (Å²) in [5.41, 5.74) is 0.789. The molecule has 4 rings (SSSR count). The first kappa shape index (κ1) is 27.1. The largest absolute Gasteiger partial charge is 0.463 e. The quantitative estimate of drug-likeness (QED) is 0.335. The highest BCUT2D eigenvalue weighted by Gasteiger charge is 2.39. The van der Waals surface area contributed by atoms with Crippen molar-refractivity contribution in [2.24, 2.45) is 0 Å². The number of carbonyl (C=O) groups is 1. The lowest BCUT2D eigenvalue weighted by molar-refractivity contribution is -0.207. The van der Waals surface area contributed by atoms with Crippen LogP contribution in [0.25, 0.3) is 17.1 Å². The van der Waals surface area contributed by atoms with E-state index in [2.05, 4.69) is 15.2 Å². The Balaban J connectivity index is 1.80. The van der Waals surface area contributed by atoms with Gasteiger partial charge in [-0.05, 0) is 42.3 Å². The molecule has 0 bridgehead atoms. The van der Waals surface area contributed by atoms with Gasteiger partial charge >= 0.3 is 17.8 Å². The molecular weight excluding hydrogens is 529 g/mol. The summed E-state index contributed by atoms with van der Waals surface area (Å²) < 4.78 is 47.0. The number of rotatable bonds is 8. The fraction of sp³-hybridized carbons (Fsp3) is 0.292. The topological polar surface area (TPSA) is 117 Å².